The maximum Gasteiger partial charge on any atom is 0.0508 e. The molecule has 2 aromatic carbocycles. The summed E-state index contributed by atoms with van der Waals surface area (Å²) < 4.78 is 0. The van der Waals surface area contributed by atoms with Crippen molar-refractivity contribution in [3.05, 3.63) is 48.0 Å². The second kappa shape index (κ2) is 4.32. The Hall–Kier alpha value is -1.38. The molecular formula is C17H20N2. The Morgan fingerprint density at radius 3 is 2.58 bits per heavy atom. The Bertz CT molecular complexity index is 598. The third kappa shape index (κ3) is 1.87. The van der Waals surface area contributed by atoms with Gasteiger partial charge in [0, 0.05) is 18.6 Å². The van der Waals surface area contributed by atoms with Gasteiger partial charge in [-0.15, -0.1) is 0 Å². The van der Waals surface area contributed by atoms with Crippen LogP contribution in [0.15, 0.2) is 42.5 Å². The van der Waals surface area contributed by atoms with Gasteiger partial charge in [0.2, 0.25) is 0 Å². The first kappa shape index (κ1) is 11.4. The Morgan fingerprint density at radius 1 is 0.947 bits per heavy atom. The fourth-order valence-corrected chi connectivity index (χ4v) is 3.57. The van der Waals surface area contributed by atoms with Gasteiger partial charge in [0.25, 0.3) is 0 Å². The number of nitrogens with two attached hydrogens (primary N) is 1. The zero-order chi connectivity index (χ0) is 12.8. The van der Waals surface area contributed by atoms with Crippen LogP contribution < -0.4 is 5.73 Å². The van der Waals surface area contributed by atoms with Crippen LogP contribution in [-0.2, 0) is 0 Å². The summed E-state index contributed by atoms with van der Waals surface area (Å²) >= 11 is 0. The number of hydrogen-bond acceptors (Lipinski definition) is 2. The van der Waals surface area contributed by atoms with Crippen LogP contribution in [0.5, 0.6) is 0 Å². The van der Waals surface area contributed by atoms with E-state index < -0.39 is 0 Å². The SMILES string of the molecule is NC1CCN(C2CC2)C1c1cccc2ccccc12. The second-order valence-corrected chi connectivity index (χ2v) is 5.93. The minimum absolute atomic E-state index is 0.284. The molecule has 1 saturated heterocycles. The molecule has 0 amide bonds. The number of likely N-dealkylation sites (tertiary alicyclic amines) is 1. The molecule has 0 aromatic heterocycles. The molecule has 1 aliphatic heterocycles. The van der Waals surface area contributed by atoms with Gasteiger partial charge >= 0.3 is 0 Å². The summed E-state index contributed by atoms with van der Waals surface area (Å²) in [6.45, 7) is 1.17. The Balaban J connectivity index is 1.84. The molecule has 4 rings (SSSR count). The summed E-state index contributed by atoms with van der Waals surface area (Å²) in [4.78, 5) is 2.65. The molecule has 2 fully saturated rings. The predicted octanol–water partition coefficient (Wildman–Crippen LogP) is 3.08. The van der Waals surface area contributed by atoms with Crippen LogP contribution in [0.3, 0.4) is 0 Å². The van der Waals surface area contributed by atoms with Crippen molar-refractivity contribution in [2.75, 3.05) is 6.54 Å². The highest BCUT2D eigenvalue weighted by atomic mass is 15.2. The fraction of sp³-hybridized carbons (Fsp3) is 0.412. The van der Waals surface area contributed by atoms with Crippen molar-refractivity contribution in [2.24, 2.45) is 5.73 Å². The van der Waals surface area contributed by atoms with Crippen molar-refractivity contribution in [1.82, 2.24) is 4.90 Å². The molecule has 0 bridgehead atoms. The third-order valence-electron chi connectivity index (χ3n) is 4.64. The van der Waals surface area contributed by atoms with Crippen LogP contribution in [0.4, 0.5) is 0 Å². The molecular weight excluding hydrogens is 232 g/mol. The fourth-order valence-electron chi connectivity index (χ4n) is 3.57. The maximum absolute atomic E-state index is 6.42. The zero-order valence-corrected chi connectivity index (χ0v) is 11.1. The van der Waals surface area contributed by atoms with Crippen LogP contribution in [-0.4, -0.2) is 23.5 Å². The van der Waals surface area contributed by atoms with E-state index in [1.165, 1.54) is 35.7 Å². The average molecular weight is 252 g/mol. The molecule has 19 heavy (non-hydrogen) atoms. The lowest BCUT2D eigenvalue weighted by Gasteiger charge is -2.28. The van der Waals surface area contributed by atoms with Crippen molar-refractivity contribution < 1.29 is 0 Å². The monoisotopic (exact) mass is 252 g/mol. The van der Waals surface area contributed by atoms with Crippen molar-refractivity contribution in [3.8, 4) is 0 Å². The van der Waals surface area contributed by atoms with Gasteiger partial charge in [-0.1, -0.05) is 42.5 Å². The third-order valence-corrected chi connectivity index (χ3v) is 4.64. The normalized spacial score (nSPS) is 28.1. The van der Waals surface area contributed by atoms with Crippen LogP contribution >= 0.6 is 0 Å². The molecule has 2 atom stereocenters. The van der Waals surface area contributed by atoms with E-state index in [1.807, 2.05) is 0 Å². The standard InChI is InChI=1S/C17H20N2/c18-16-10-11-19(13-8-9-13)17(16)15-7-3-5-12-4-1-2-6-14(12)15/h1-7,13,16-17H,8-11,18H2. The van der Waals surface area contributed by atoms with Crippen molar-refractivity contribution in [3.63, 3.8) is 0 Å². The van der Waals surface area contributed by atoms with E-state index in [4.69, 9.17) is 5.73 Å². The zero-order valence-electron chi connectivity index (χ0n) is 11.1. The summed E-state index contributed by atoms with van der Waals surface area (Å²) in [7, 11) is 0. The van der Waals surface area contributed by atoms with Crippen molar-refractivity contribution in [2.45, 2.75) is 37.4 Å². The van der Waals surface area contributed by atoms with E-state index in [-0.39, 0.29) is 6.04 Å². The van der Waals surface area contributed by atoms with E-state index in [1.54, 1.807) is 0 Å². The van der Waals surface area contributed by atoms with Gasteiger partial charge in [-0.3, -0.25) is 4.90 Å². The lowest BCUT2D eigenvalue weighted by atomic mass is 9.95. The summed E-state index contributed by atoms with van der Waals surface area (Å²) in [6, 6.07) is 16.8. The van der Waals surface area contributed by atoms with Crippen molar-refractivity contribution >= 4 is 10.8 Å². The lowest BCUT2D eigenvalue weighted by Crippen LogP contribution is -2.33. The van der Waals surface area contributed by atoms with Crippen LogP contribution in [0.1, 0.15) is 30.9 Å². The molecule has 98 valence electrons. The summed E-state index contributed by atoms with van der Waals surface area (Å²) in [5.74, 6) is 0. The highest BCUT2D eigenvalue weighted by Crippen LogP contribution is 2.42. The Labute approximate surface area is 114 Å². The van der Waals surface area contributed by atoms with E-state index in [0.717, 1.165) is 12.5 Å². The highest BCUT2D eigenvalue weighted by Gasteiger charge is 2.41. The second-order valence-electron chi connectivity index (χ2n) is 5.93. The van der Waals surface area contributed by atoms with Gasteiger partial charge in [0.05, 0.1) is 6.04 Å². The summed E-state index contributed by atoms with van der Waals surface area (Å²) in [5.41, 5.74) is 7.84. The minimum Gasteiger partial charge on any atom is -0.326 e. The number of benzene rings is 2. The molecule has 2 N–H and O–H groups in total. The van der Waals surface area contributed by atoms with E-state index in [9.17, 15) is 0 Å². The molecule has 2 nitrogen and oxygen atoms in total. The average Bonchev–Trinajstić information content (AvgIpc) is 3.22. The van der Waals surface area contributed by atoms with Gasteiger partial charge in [-0.25, -0.2) is 0 Å². The highest BCUT2D eigenvalue weighted by molar-refractivity contribution is 5.86. The summed E-state index contributed by atoms with van der Waals surface area (Å²) in [6.07, 6.45) is 3.84. The lowest BCUT2D eigenvalue weighted by molar-refractivity contribution is 0.239. The van der Waals surface area contributed by atoms with E-state index in [2.05, 4.69) is 47.4 Å². The first-order valence-corrected chi connectivity index (χ1v) is 7.33. The number of nitrogens with zero attached hydrogens (tertiary/aromatic N) is 1. The minimum atomic E-state index is 0.284. The Kier molecular flexibility index (Phi) is 2.61. The van der Waals surface area contributed by atoms with Gasteiger partial charge in [0.1, 0.15) is 0 Å². The number of rotatable bonds is 2. The van der Waals surface area contributed by atoms with Gasteiger partial charge in [-0.05, 0) is 35.6 Å². The van der Waals surface area contributed by atoms with Crippen LogP contribution in [0, 0.1) is 0 Å². The molecule has 2 aromatic rings. The molecule has 1 saturated carbocycles. The van der Waals surface area contributed by atoms with Gasteiger partial charge in [-0.2, -0.15) is 0 Å². The molecule has 0 radical (unpaired) electrons. The van der Waals surface area contributed by atoms with Gasteiger partial charge < -0.3 is 5.73 Å². The largest absolute Gasteiger partial charge is 0.326 e. The number of hydrogen-bond donors (Lipinski definition) is 1. The smallest absolute Gasteiger partial charge is 0.0508 e. The van der Waals surface area contributed by atoms with Crippen LogP contribution in [0.25, 0.3) is 10.8 Å². The van der Waals surface area contributed by atoms with Gasteiger partial charge in [0.15, 0.2) is 0 Å². The molecule has 2 heteroatoms. The molecule has 2 aliphatic rings. The van der Waals surface area contributed by atoms with E-state index in [0.29, 0.717) is 6.04 Å². The van der Waals surface area contributed by atoms with Crippen LogP contribution in [0.2, 0.25) is 0 Å². The first-order valence-electron chi connectivity index (χ1n) is 7.33. The maximum atomic E-state index is 6.42. The quantitative estimate of drug-likeness (QED) is 0.890. The molecule has 1 heterocycles. The summed E-state index contributed by atoms with van der Waals surface area (Å²) in [5, 5.41) is 2.70. The molecule has 0 spiro atoms. The number of fused-ring (bicyclic) bond motifs is 1. The van der Waals surface area contributed by atoms with Crippen molar-refractivity contribution in [1.29, 1.82) is 0 Å². The Morgan fingerprint density at radius 2 is 1.74 bits per heavy atom. The predicted molar refractivity (Wildman–Crippen MR) is 79.0 cm³/mol. The molecule has 1 aliphatic carbocycles. The van der Waals surface area contributed by atoms with E-state index >= 15 is 0 Å². The molecule has 2 unspecified atom stereocenters. The topological polar surface area (TPSA) is 29.3 Å². The first-order chi connectivity index (χ1) is 9.34.